The van der Waals surface area contributed by atoms with Gasteiger partial charge in [-0.15, -0.1) is 0 Å². The van der Waals surface area contributed by atoms with Gasteiger partial charge in [-0.05, 0) is 69.6 Å². The van der Waals surface area contributed by atoms with E-state index in [2.05, 4.69) is 26.1 Å². The van der Waals surface area contributed by atoms with Gasteiger partial charge in [0.25, 0.3) is 0 Å². The zero-order chi connectivity index (χ0) is 15.3. The van der Waals surface area contributed by atoms with Crippen molar-refractivity contribution in [2.75, 3.05) is 6.54 Å². The van der Waals surface area contributed by atoms with Gasteiger partial charge in [-0.3, -0.25) is 0 Å². The maximum absolute atomic E-state index is 13.4. The molecule has 21 heavy (non-hydrogen) atoms. The first-order valence-corrected chi connectivity index (χ1v) is 8.32. The molecule has 2 saturated carbocycles. The highest BCUT2D eigenvalue weighted by molar-refractivity contribution is 6.31. The standard InChI is InChI=1S/C18H25ClFN/c1-16(2,3)21-12-18(10-17(11-18)7-4-8-17)14-6-5-13(20)9-15(14)19/h5-6,9,21H,4,7-8,10-12H2,1-3H3. The van der Waals surface area contributed by atoms with Crippen LogP contribution in [0.1, 0.15) is 58.4 Å². The van der Waals surface area contributed by atoms with Crippen LogP contribution in [0, 0.1) is 11.2 Å². The van der Waals surface area contributed by atoms with Crippen LogP contribution >= 0.6 is 11.6 Å². The number of hydrogen-bond acceptors (Lipinski definition) is 1. The lowest BCUT2D eigenvalue weighted by molar-refractivity contribution is -0.0503. The van der Waals surface area contributed by atoms with Gasteiger partial charge in [-0.2, -0.15) is 0 Å². The van der Waals surface area contributed by atoms with Crippen LogP contribution in [0.3, 0.4) is 0 Å². The third-order valence-electron chi connectivity index (χ3n) is 5.30. The smallest absolute Gasteiger partial charge is 0.124 e. The van der Waals surface area contributed by atoms with Crippen LogP contribution in [0.15, 0.2) is 18.2 Å². The molecule has 2 aliphatic carbocycles. The Morgan fingerprint density at radius 1 is 1.24 bits per heavy atom. The minimum absolute atomic E-state index is 0.0818. The van der Waals surface area contributed by atoms with Gasteiger partial charge in [-0.1, -0.05) is 24.1 Å². The maximum Gasteiger partial charge on any atom is 0.124 e. The average molecular weight is 310 g/mol. The minimum atomic E-state index is -0.250. The summed E-state index contributed by atoms with van der Waals surface area (Å²) >= 11 is 6.36. The molecular formula is C18H25ClFN. The van der Waals surface area contributed by atoms with Crippen molar-refractivity contribution in [3.05, 3.63) is 34.6 Å². The van der Waals surface area contributed by atoms with Crippen molar-refractivity contribution in [1.82, 2.24) is 5.32 Å². The van der Waals surface area contributed by atoms with E-state index in [0.717, 1.165) is 12.1 Å². The van der Waals surface area contributed by atoms with Crippen LogP contribution in [0.25, 0.3) is 0 Å². The second kappa shape index (κ2) is 4.96. The number of nitrogens with one attached hydrogen (secondary N) is 1. The predicted molar refractivity (Wildman–Crippen MR) is 86.4 cm³/mol. The van der Waals surface area contributed by atoms with Gasteiger partial charge in [0.1, 0.15) is 5.82 Å². The zero-order valence-corrected chi connectivity index (χ0v) is 14.0. The van der Waals surface area contributed by atoms with Crippen LogP contribution in [0.2, 0.25) is 5.02 Å². The van der Waals surface area contributed by atoms with Crippen LogP contribution in [-0.4, -0.2) is 12.1 Å². The first-order chi connectivity index (χ1) is 9.74. The van der Waals surface area contributed by atoms with Crippen molar-refractivity contribution in [3.63, 3.8) is 0 Å². The third kappa shape index (κ3) is 2.85. The van der Waals surface area contributed by atoms with E-state index in [1.54, 1.807) is 6.07 Å². The summed E-state index contributed by atoms with van der Waals surface area (Å²) < 4.78 is 13.4. The molecule has 1 N–H and O–H groups in total. The molecule has 3 rings (SSSR count). The van der Waals surface area contributed by atoms with Crippen LogP contribution < -0.4 is 5.32 Å². The molecule has 0 unspecified atom stereocenters. The van der Waals surface area contributed by atoms with Crippen LogP contribution in [0.5, 0.6) is 0 Å². The van der Waals surface area contributed by atoms with E-state index in [1.165, 1.54) is 38.2 Å². The maximum atomic E-state index is 13.4. The SMILES string of the molecule is CC(C)(C)NCC1(c2ccc(F)cc2Cl)CC2(CCC2)C1. The van der Waals surface area contributed by atoms with Crippen molar-refractivity contribution in [2.45, 2.75) is 63.8 Å². The second-order valence-corrected chi connectivity index (χ2v) is 8.62. The van der Waals surface area contributed by atoms with E-state index in [-0.39, 0.29) is 16.8 Å². The molecule has 2 fully saturated rings. The fourth-order valence-electron chi connectivity index (χ4n) is 4.18. The summed E-state index contributed by atoms with van der Waals surface area (Å²) in [5.74, 6) is -0.250. The van der Waals surface area contributed by atoms with Gasteiger partial charge in [0.15, 0.2) is 0 Å². The van der Waals surface area contributed by atoms with Crippen molar-refractivity contribution in [3.8, 4) is 0 Å². The summed E-state index contributed by atoms with van der Waals surface area (Å²) in [4.78, 5) is 0. The van der Waals surface area contributed by atoms with Crippen molar-refractivity contribution in [2.24, 2.45) is 5.41 Å². The molecule has 1 aromatic carbocycles. The topological polar surface area (TPSA) is 12.0 Å². The van der Waals surface area contributed by atoms with Crippen LogP contribution in [0.4, 0.5) is 4.39 Å². The molecule has 0 amide bonds. The van der Waals surface area contributed by atoms with E-state index in [1.807, 2.05) is 6.07 Å². The Bertz CT molecular complexity index is 535. The van der Waals surface area contributed by atoms with E-state index >= 15 is 0 Å². The first kappa shape index (κ1) is 15.3. The van der Waals surface area contributed by atoms with E-state index in [0.29, 0.717) is 10.4 Å². The van der Waals surface area contributed by atoms with Gasteiger partial charge in [-0.25, -0.2) is 4.39 Å². The Kier molecular flexibility index (Phi) is 3.61. The summed E-state index contributed by atoms with van der Waals surface area (Å²) in [6.45, 7) is 7.48. The van der Waals surface area contributed by atoms with Gasteiger partial charge in [0.2, 0.25) is 0 Å². The Morgan fingerprint density at radius 2 is 1.90 bits per heavy atom. The second-order valence-electron chi connectivity index (χ2n) is 8.22. The lowest BCUT2D eigenvalue weighted by Gasteiger charge is -2.62. The lowest BCUT2D eigenvalue weighted by Crippen LogP contribution is -2.59. The summed E-state index contributed by atoms with van der Waals surface area (Å²) in [7, 11) is 0. The van der Waals surface area contributed by atoms with Crippen LogP contribution in [-0.2, 0) is 5.41 Å². The Morgan fingerprint density at radius 3 is 2.38 bits per heavy atom. The van der Waals surface area contributed by atoms with E-state index < -0.39 is 0 Å². The summed E-state index contributed by atoms with van der Waals surface area (Å²) in [6.07, 6.45) is 6.44. The number of rotatable bonds is 3. The molecule has 3 heteroatoms. The molecule has 0 heterocycles. The first-order valence-electron chi connectivity index (χ1n) is 7.94. The highest BCUT2D eigenvalue weighted by Gasteiger charge is 2.57. The van der Waals surface area contributed by atoms with Crippen molar-refractivity contribution >= 4 is 11.6 Å². The predicted octanol–water partition coefficient (Wildman–Crippen LogP) is 5.07. The van der Waals surface area contributed by atoms with Crippen molar-refractivity contribution in [1.29, 1.82) is 0 Å². The zero-order valence-electron chi connectivity index (χ0n) is 13.2. The molecule has 1 nitrogen and oxygen atoms in total. The molecule has 0 bridgehead atoms. The molecule has 1 spiro atoms. The Labute approximate surface area is 132 Å². The summed E-state index contributed by atoms with van der Waals surface area (Å²) in [5, 5.41) is 4.22. The molecular weight excluding hydrogens is 285 g/mol. The fourth-order valence-corrected chi connectivity index (χ4v) is 4.55. The lowest BCUT2D eigenvalue weighted by atomic mass is 9.43. The number of hydrogen-bond donors (Lipinski definition) is 1. The third-order valence-corrected chi connectivity index (χ3v) is 5.61. The monoisotopic (exact) mass is 309 g/mol. The summed E-state index contributed by atoms with van der Waals surface area (Å²) in [6, 6.07) is 4.90. The summed E-state index contributed by atoms with van der Waals surface area (Å²) in [5.41, 5.74) is 1.84. The van der Waals surface area contributed by atoms with E-state index in [4.69, 9.17) is 11.6 Å². The number of benzene rings is 1. The molecule has 2 aliphatic rings. The normalized spacial score (nSPS) is 22.7. The Hall–Kier alpha value is -0.600. The molecule has 0 atom stereocenters. The molecule has 0 aliphatic heterocycles. The average Bonchev–Trinajstić information content (AvgIpc) is 2.26. The minimum Gasteiger partial charge on any atom is -0.311 e. The van der Waals surface area contributed by atoms with Gasteiger partial charge in [0, 0.05) is 22.5 Å². The molecule has 0 radical (unpaired) electrons. The largest absolute Gasteiger partial charge is 0.311 e. The van der Waals surface area contributed by atoms with Gasteiger partial charge >= 0.3 is 0 Å². The van der Waals surface area contributed by atoms with Crippen molar-refractivity contribution < 1.29 is 4.39 Å². The fraction of sp³-hybridized carbons (Fsp3) is 0.667. The van der Waals surface area contributed by atoms with Gasteiger partial charge in [0.05, 0.1) is 0 Å². The molecule has 0 aromatic heterocycles. The highest BCUT2D eigenvalue weighted by atomic mass is 35.5. The van der Waals surface area contributed by atoms with E-state index in [9.17, 15) is 4.39 Å². The highest BCUT2D eigenvalue weighted by Crippen LogP contribution is 2.65. The Balaban J connectivity index is 1.86. The quantitative estimate of drug-likeness (QED) is 0.822. The number of halogens is 2. The molecule has 116 valence electrons. The molecule has 1 aromatic rings. The van der Waals surface area contributed by atoms with Gasteiger partial charge < -0.3 is 5.32 Å². The molecule has 0 saturated heterocycles.